The van der Waals surface area contributed by atoms with Gasteiger partial charge in [0, 0.05) is 76.8 Å². The van der Waals surface area contributed by atoms with Crippen LogP contribution in [0.25, 0.3) is 39.8 Å². The second-order valence-electron chi connectivity index (χ2n) is 23.5. The summed E-state index contributed by atoms with van der Waals surface area (Å²) in [5.41, 5.74) is 24.5. The number of hydrogen-bond donors (Lipinski definition) is 3. The van der Waals surface area contributed by atoms with Gasteiger partial charge in [-0.05, 0) is 151 Å². The maximum atomic E-state index is 6.57. The minimum atomic E-state index is 0.196. The largest absolute Gasteiger partial charge is 0.354 e. The van der Waals surface area contributed by atoms with Gasteiger partial charge in [-0.15, -0.1) is 0 Å². The van der Waals surface area contributed by atoms with Crippen molar-refractivity contribution in [3.05, 3.63) is 302 Å². The summed E-state index contributed by atoms with van der Waals surface area (Å²) in [6.07, 6.45) is 14.0. The van der Waals surface area contributed by atoms with E-state index in [0.29, 0.717) is 23.7 Å². The Morgan fingerprint density at radius 3 is 1.47 bits per heavy atom. The number of aromatic nitrogens is 6. The van der Waals surface area contributed by atoms with Crippen molar-refractivity contribution in [1.29, 1.82) is 0 Å². The highest BCUT2D eigenvalue weighted by atomic mass is 35.5. The van der Waals surface area contributed by atoms with Crippen LogP contribution in [-0.2, 0) is 32.1 Å². The molecule has 3 unspecified atom stereocenters. The van der Waals surface area contributed by atoms with Crippen LogP contribution >= 0.6 is 11.6 Å². The molecule has 0 saturated carbocycles. The van der Waals surface area contributed by atoms with Gasteiger partial charge in [-0.1, -0.05) is 211 Å². The molecule has 3 aromatic heterocycles. The fourth-order valence-corrected chi connectivity index (χ4v) is 13.2. The molecule has 15 rings (SSSR count). The summed E-state index contributed by atoms with van der Waals surface area (Å²) in [6.45, 7) is 4.93. The lowest BCUT2D eigenvalue weighted by Gasteiger charge is -2.28. The average molecular weight is 1170 g/mol. The molecular weight excluding hydrogens is 1100 g/mol. The Morgan fingerprint density at radius 2 is 0.920 bits per heavy atom. The number of halogens is 1. The Morgan fingerprint density at radius 1 is 0.466 bits per heavy atom. The lowest BCUT2D eigenvalue weighted by atomic mass is 9.78. The molecule has 0 bridgehead atoms. The molecule has 11 aromatic rings. The third-order valence-electron chi connectivity index (χ3n) is 17.2. The second kappa shape index (κ2) is 26.6. The lowest BCUT2D eigenvalue weighted by molar-refractivity contribution is 0.405. The smallest absolute Gasteiger partial charge is 0.227 e. The molecule has 4 aliphatic rings. The molecule has 3 N–H and O–H groups in total. The summed E-state index contributed by atoms with van der Waals surface area (Å²) in [5.74, 6) is 2.95. The molecule has 3 heterocycles. The number of fused-ring (bicyclic) bond motifs is 10. The van der Waals surface area contributed by atoms with E-state index in [-0.39, 0.29) is 5.92 Å². The third kappa shape index (κ3) is 12.9. The number of rotatable bonds is 14. The molecular formula is C77H71ClN10. The predicted molar refractivity (Wildman–Crippen MR) is 361 cm³/mol. The number of nitrogens with one attached hydrogen (secondary N) is 3. The maximum Gasteiger partial charge on any atom is 0.227 e. The molecule has 0 saturated heterocycles. The summed E-state index contributed by atoms with van der Waals surface area (Å²) in [4.78, 5) is 30.7. The fourth-order valence-electron chi connectivity index (χ4n) is 12.9. The van der Waals surface area contributed by atoms with Crippen molar-refractivity contribution >= 4 is 41.2 Å². The highest BCUT2D eigenvalue weighted by Crippen LogP contribution is 2.46. The van der Waals surface area contributed by atoms with Crippen LogP contribution in [0.1, 0.15) is 97.9 Å². The molecule has 10 nitrogen and oxygen atoms in total. The molecule has 4 aliphatic carbocycles. The Balaban J connectivity index is 0.000000122. The summed E-state index contributed by atoms with van der Waals surface area (Å²) in [7, 11) is 4.19. The van der Waals surface area contributed by atoms with Crippen LogP contribution in [0.5, 0.6) is 0 Å². The average Bonchev–Trinajstić information content (AvgIpc) is 2.29. The van der Waals surface area contributed by atoms with Crippen LogP contribution in [-0.4, -0.2) is 68.5 Å². The topological polar surface area (TPSA) is 117 Å². The number of nitrogens with zero attached hydrogens (tertiary/aromatic N) is 7. The van der Waals surface area contributed by atoms with Gasteiger partial charge in [0.1, 0.15) is 0 Å². The van der Waals surface area contributed by atoms with Crippen molar-refractivity contribution in [3.8, 4) is 33.8 Å². The van der Waals surface area contributed by atoms with Crippen LogP contribution in [0.3, 0.4) is 0 Å². The van der Waals surface area contributed by atoms with Crippen LogP contribution in [0.2, 0.25) is 5.02 Å². The SMILES string of the molecule is CC1=Cc2cc(Nc3ncc4c(n3)-c3ccccc3C(c3ccccc3Cl)C4)ccc2C1.CN(C)CCCNc1ncc2c(n1)-c1ccccc1C(c1ccccc1)C2.c1ccc(CCNc2ncc3c(n2)-c2ccccc2C(c2ccccc2)C3)cc1. The standard InChI is InChI=1S/C28H22ClN3.C26H23N3.C23H26N4/c1-17-12-18-10-11-21(14-19(18)13-17)31-28-30-16-20-15-25(23-7-4-5-9-26(23)29)22-6-2-3-8-24(22)27(20)32-28;1-3-9-19(10-4-1)15-16-27-26-28-18-21-17-24(20-11-5-2-6-12-20)22-13-7-8-14-23(22)25(21)29-26;1-27(2)14-8-13-24-23-25-16-18-15-21(17-9-4-3-5-10-17)19-11-6-7-12-20(19)22(18)26-23/h2-11,13-14,16,25H,12,15H2,1H3,(H,30,31,32);1-14,18,24H,15-17H2,(H,27,28,29);3-7,9-12,16,21H,8,13-15H2,1-2H3,(H,24,25,26). The number of benzene rings is 8. The van der Waals surface area contributed by atoms with Crippen LogP contribution in [0.15, 0.2) is 230 Å². The van der Waals surface area contributed by atoms with Gasteiger partial charge < -0.3 is 20.9 Å². The molecule has 3 atom stereocenters. The van der Waals surface area contributed by atoms with Gasteiger partial charge in [0.2, 0.25) is 17.8 Å². The first-order chi connectivity index (χ1) is 43.3. The Kier molecular flexibility index (Phi) is 17.3. The Hall–Kier alpha value is -9.61. The normalized spacial score (nSPS) is 15.4. The number of anilines is 4. The van der Waals surface area contributed by atoms with Crippen LogP contribution < -0.4 is 16.0 Å². The van der Waals surface area contributed by atoms with Crippen molar-refractivity contribution in [1.82, 2.24) is 34.8 Å². The van der Waals surface area contributed by atoms with E-state index in [1.807, 2.05) is 36.8 Å². The maximum absolute atomic E-state index is 6.57. The zero-order valence-corrected chi connectivity index (χ0v) is 50.8. The predicted octanol–water partition coefficient (Wildman–Crippen LogP) is 16.9. The Bertz CT molecular complexity index is 4270. The summed E-state index contributed by atoms with van der Waals surface area (Å²) < 4.78 is 0. The van der Waals surface area contributed by atoms with Crippen molar-refractivity contribution in [2.75, 3.05) is 49.7 Å². The van der Waals surface area contributed by atoms with Gasteiger partial charge in [-0.25, -0.2) is 29.9 Å². The van der Waals surface area contributed by atoms with Crippen molar-refractivity contribution < 1.29 is 0 Å². The summed E-state index contributed by atoms with van der Waals surface area (Å²) >= 11 is 6.57. The molecule has 0 aliphatic heterocycles. The van der Waals surface area contributed by atoms with Crippen LogP contribution in [0.4, 0.5) is 23.5 Å². The second-order valence-corrected chi connectivity index (χ2v) is 23.9. The minimum Gasteiger partial charge on any atom is -0.354 e. The highest BCUT2D eigenvalue weighted by molar-refractivity contribution is 6.31. The number of allylic oxidation sites excluding steroid dienone is 1. The number of hydrogen-bond acceptors (Lipinski definition) is 10. The molecule has 0 amide bonds. The van der Waals surface area contributed by atoms with Gasteiger partial charge in [-0.2, -0.15) is 0 Å². The highest BCUT2D eigenvalue weighted by Gasteiger charge is 2.31. The van der Waals surface area contributed by atoms with E-state index in [1.54, 1.807) is 0 Å². The molecule has 436 valence electrons. The van der Waals surface area contributed by atoms with Gasteiger partial charge in [0.15, 0.2) is 0 Å². The zero-order valence-electron chi connectivity index (χ0n) is 50.0. The first-order valence-corrected chi connectivity index (χ1v) is 31.1. The molecule has 0 fully saturated rings. The van der Waals surface area contributed by atoms with Gasteiger partial charge in [-0.3, -0.25) is 0 Å². The van der Waals surface area contributed by atoms with E-state index in [2.05, 4.69) is 251 Å². The summed E-state index contributed by atoms with van der Waals surface area (Å²) in [5, 5.41) is 11.0. The van der Waals surface area contributed by atoms with E-state index in [9.17, 15) is 0 Å². The zero-order chi connectivity index (χ0) is 59.8. The van der Waals surface area contributed by atoms with Gasteiger partial charge in [0.05, 0.1) is 17.1 Å². The van der Waals surface area contributed by atoms with Crippen molar-refractivity contribution in [2.24, 2.45) is 0 Å². The van der Waals surface area contributed by atoms with Crippen LogP contribution in [0, 0.1) is 0 Å². The molecule has 88 heavy (non-hydrogen) atoms. The molecule has 0 radical (unpaired) electrons. The van der Waals surface area contributed by atoms with E-state index in [0.717, 1.165) is 109 Å². The third-order valence-corrected chi connectivity index (χ3v) is 17.5. The van der Waals surface area contributed by atoms with E-state index < -0.39 is 0 Å². The first-order valence-electron chi connectivity index (χ1n) is 30.7. The molecule has 8 aromatic carbocycles. The van der Waals surface area contributed by atoms with E-state index >= 15 is 0 Å². The monoisotopic (exact) mass is 1170 g/mol. The van der Waals surface area contributed by atoms with E-state index in [4.69, 9.17) is 26.6 Å². The Labute approximate surface area is 522 Å². The summed E-state index contributed by atoms with van der Waals surface area (Å²) in [6, 6.07) is 72.3. The van der Waals surface area contributed by atoms with Crippen molar-refractivity contribution in [3.63, 3.8) is 0 Å². The van der Waals surface area contributed by atoms with Gasteiger partial charge in [0.25, 0.3) is 0 Å². The quantitative estimate of drug-likeness (QED) is 0.0909. The molecule has 11 heteroatoms. The van der Waals surface area contributed by atoms with Crippen molar-refractivity contribution in [2.45, 2.75) is 63.2 Å². The van der Waals surface area contributed by atoms with E-state index in [1.165, 1.54) is 72.3 Å². The minimum absolute atomic E-state index is 0.196. The fraction of sp³-hybridized carbons (Fsp3) is 0.195. The van der Waals surface area contributed by atoms with Gasteiger partial charge >= 0.3 is 0 Å². The lowest BCUT2D eigenvalue weighted by Crippen LogP contribution is -2.18. The molecule has 0 spiro atoms. The first kappa shape index (κ1) is 57.5.